The molecule has 0 atom stereocenters. The van der Waals surface area contributed by atoms with Crippen molar-refractivity contribution in [3.8, 4) is 0 Å². The first-order valence-corrected chi connectivity index (χ1v) is 11.8. The van der Waals surface area contributed by atoms with Crippen molar-refractivity contribution < 1.29 is 26.4 Å². The molecule has 11 heteroatoms. The van der Waals surface area contributed by atoms with Crippen molar-refractivity contribution in [2.24, 2.45) is 0 Å². The molecule has 168 valence electrons. The summed E-state index contributed by atoms with van der Waals surface area (Å²) in [5.41, 5.74) is -0.778. The van der Waals surface area contributed by atoms with Gasteiger partial charge in [0.1, 0.15) is 5.82 Å². The van der Waals surface area contributed by atoms with Crippen LogP contribution in [0, 0.1) is 0 Å². The Morgan fingerprint density at radius 1 is 1.13 bits per heavy atom. The minimum atomic E-state index is -4.41. The van der Waals surface area contributed by atoms with Gasteiger partial charge in [0, 0.05) is 44.8 Å². The number of amides is 1. The van der Waals surface area contributed by atoms with Crippen LogP contribution in [0.4, 0.5) is 19.0 Å². The second-order valence-electron chi connectivity index (χ2n) is 7.76. The second-order valence-corrected chi connectivity index (χ2v) is 9.85. The fourth-order valence-corrected chi connectivity index (χ4v) is 5.39. The molecule has 0 unspecified atom stereocenters. The predicted octanol–water partition coefficient (Wildman–Crippen LogP) is 2.39. The normalized spacial score (nSPS) is 19.2. The van der Waals surface area contributed by atoms with Crippen LogP contribution in [0.1, 0.15) is 44.1 Å². The molecule has 2 aliphatic rings. The molecule has 2 fully saturated rings. The average Bonchev–Trinajstić information content (AvgIpc) is 3.24. The molecule has 0 aliphatic carbocycles. The van der Waals surface area contributed by atoms with Gasteiger partial charge in [-0.2, -0.15) is 13.2 Å². The van der Waals surface area contributed by atoms with Gasteiger partial charge in [-0.05, 0) is 44.2 Å². The third-order valence-corrected chi connectivity index (χ3v) is 7.48. The molecule has 1 aromatic rings. The number of carbonyl (C=O) groups is 1. The summed E-state index contributed by atoms with van der Waals surface area (Å²) in [4.78, 5) is 18.0. The lowest BCUT2D eigenvalue weighted by Crippen LogP contribution is -2.45. The van der Waals surface area contributed by atoms with Gasteiger partial charge in [-0.25, -0.2) is 17.7 Å². The summed E-state index contributed by atoms with van der Waals surface area (Å²) < 4.78 is 63.8. The van der Waals surface area contributed by atoms with Gasteiger partial charge >= 0.3 is 6.18 Å². The zero-order valence-corrected chi connectivity index (χ0v) is 17.5. The van der Waals surface area contributed by atoms with Gasteiger partial charge in [0.05, 0.1) is 11.3 Å². The van der Waals surface area contributed by atoms with Crippen molar-refractivity contribution in [1.82, 2.24) is 14.6 Å². The number of piperidine rings is 1. The summed E-state index contributed by atoms with van der Waals surface area (Å²) in [5.74, 6) is 0.302. The lowest BCUT2D eigenvalue weighted by atomic mass is 10.0. The highest BCUT2D eigenvalue weighted by Crippen LogP contribution is 2.29. The van der Waals surface area contributed by atoms with E-state index < -0.39 is 21.8 Å². The van der Waals surface area contributed by atoms with Crippen molar-refractivity contribution in [2.45, 2.75) is 50.7 Å². The van der Waals surface area contributed by atoms with Crippen LogP contribution >= 0.6 is 0 Å². The Bertz CT molecular complexity index is 816. The number of nitrogens with one attached hydrogen (secondary N) is 1. The molecular weight excluding hydrogens is 421 g/mol. The van der Waals surface area contributed by atoms with E-state index in [9.17, 15) is 26.4 Å². The van der Waals surface area contributed by atoms with Crippen LogP contribution in [-0.2, 0) is 21.0 Å². The van der Waals surface area contributed by atoms with E-state index in [4.69, 9.17) is 0 Å². The van der Waals surface area contributed by atoms with Gasteiger partial charge in [-0.1, -0.05) is 0 Å². The molecule has 7 nitrogen and oxygen atoms in total. The lowest BCUT2D eigenvalue weighted by Gasteiger charge is -2.33. The van der Waals surface area contributed by atoms with E-state index in [-0.39, 0.29) is 24.1 Å². The molecule has 0 spiro atoms. The Hall–Kier alpha value is -1.88. The Morgan fingerprint density at radius 3 is 2.37 bits per heavy atom. The van der Waals surface area contributed by atoms with E-state index >= 15 is 0 Å². The molecule has 2 aliphatic heterocycles. The van der Waals surface area contributed by atoms with E-state index in [1.807, 2.05) is 4.90 Å². The van der Waals surface area contributed by atoms with Crippen LogP contribution in [0.2, 0.25) is 0 Å². The van der Waals surface area contributed by atoms with Crippen LogP contribution < -0.4 is 10.2 Å². The summed E-state index contributed by atoms with van der Waals surface area (Å²) in [6.07, 6.45) is -0.0371. The van der Waals surface area contributed by atoms with Crippen LogP contribution in [-0.4, -0.2) is 61.6 Å². The average molecular weight is 449 g/mol. The lowest BCUT2D eigenvalue weighted by molar-refractivity contribution is -0.137. The number of carbonyl (C=O) groups excluding carboxylic acids is 1. The summed E-state index contributed by atoms with van der Waals surface area (Å²) in [5, 5.41) is 2.93. The number of anilines is 1. The Kier molecular flexibility index (Phi) is 7.22. The van der Waals surface area contributed by atoms with Crippen molar-refractivity contribution in [1.29, 1.82) is 0 Å². The zero-order valence-electron chi connectivity index (χ0n) is 16.7. The second kappa shape index (κ2) is 9.51. The number of aromatic nitrogens is 1. The molecule has 0 radical (unpaired) electrons. The van der Waals surface area contributed by atoms with Crippen LogP contribution in [0.25, 0.3) is 0 Å². The maximum Gasteiger partial charge on any atom is 0.417 e. The smallest absolute Gasteiger partial charge is 0.356 e. The first-order chi connectivity index (χ1) is 14.1. The molecular formula is C19H27F3N4O3S. The fraction of sp³-hybridized carbons (Fsp3) is 0.684. The highest BCUT2D eigenvalue weighted by molar-refractivity contribution is 7.89. The van der Waals surface area contributed by atoms with Gasteiger partial charge in [0.2, 0.25) is 15.9 Å². The Labute approximate surface area is 174 Å². The molecule has 0 aromatic carbocycles. The molecule has 1 amide bonds. The molecule has 1 aromatic heterocycles. The molecule has 2 saturated heterocycles. The van der Waals surface area contributed by atoms with E-state index in [2.05, 4.69) is 10.3 Å². The minimum absolute atomic E-state index is 0.0154. The summed E-state index contributed by atoms with van der Waals surface area (Å²) in [7, 11) is -3.27. The van der Waals surface area contributed by atoms with Crippen LogP contribution in [0.5, 0.6) is 0 Å². The third-order valence-electron chi connectivity index (χ3n) is 5.52. The van der Waals surface area contributed by atoms with Crippen molar-refractivity contribution >= 4 is 21.7 Å². The summed E-state index contributed by atoms with van der Waals surface area (Å²) in [6, 6.07) is 2.35. The maximum atomic E-state index is 12.6. The number of sulfonamides is 1. The van der Waals surface area contributed by atoms with Gasteiger partial charge in [0.15, 0.2) is 0 Å². The van der Waals surface area contributed by atoms with Gasteiger partial charge in [-0.15, -0.1) is 0 Å². The number of hydrogen-bond donors (Lipinski definition) is 1. The number of rotatable bonds is 7. The molecule has 3 heterocycles. The SMILES string of the molecule is O=C(CCCS(=O)(=O)N1CCCC1)NC1CCN(c2ccc(C(F)(F)F)cn2)CC1. The zero-order chi connectivity index (χ0) is 21.8. The standard InChI is InChI=1S/C19H27F3N4O3S/c20-19(21,22)15-5-6-17(23-14-15)25-11-7-16(8-12-25)24-18(27)4-3-13-30(28,29)26-9-1-2-10-26/h5-6,14,16H,1-4,7-13H2,(H,24,27). The molecule has 0 bridgehead atoms. The highest BCUT2D eigenvalue weighted by atomic mass is 32.2. The predicted molar refractivity (Wildman–Crippen MR) is 106 cm³/mol. The van der Waals surface area contributed by atoms with E-state index in [1.165, 1.54) is 10.4 Å². The molecule has 3 rings (SSSR count). The Balaban J connectivity index is 1.38. The topological polar surface area (TPSA) is 82.6 Å². The number of alkyl halides is 3. The van der Waals surface area contributed by atoms with Crippen molar-refractivity contribution in [3.63, 3.8) is 0 Å². The highest BCUT2D eigenvalue weighted by Gasteiger charge is 2.31. The van der Waals surface area contributed by atoms with E-state index in [1.54, 1.807) is 0 Å². The van der Waals surface area contributed by atoms with Crippen molar-refractivity contribution in [2.75, 3.05) is 36.8 Å². The van der Waals surface area contributed by atoms with Crippen molar-refractivity contribution in [3.05, 3.63) is 23.9 Å². The monoisotopic (exact) mass is 448 g/mol. The first-order valence-electron chi connectivity index (χ1n) is 10.2. The van der Waals surface area contributed by atoms with Gasteiger partial charge in [0.25, 0.3) is 0 Å². The molecule has 0 saturated carbocycles. The van der Waals surface area contributed by atoms with E-state index in [0.717, 1.165) is 25.1 Å². The molecule has 30 heavy (non-hydrogen) atoms. The maximum absolute atomic E-state index is 12.6. The first kappa shape index (κ1) is 22.8. The fourth-order valence-electron chi connectivity index (χ4n) is 3.80. The van der Waals surface area contributed by atoms with Crippen LogP contribution in [0.3, 0.4) is 0 Å². The third kappa shape index (κ3) is 6.07. The van der Waals surface area contributed by atoms with E-state index in [0.29, 0.717) is 51.3 Å². The number of nitrogens with zero attached hydrogens (tertiary/aromatic N) is 3. The number of hydrogen-bond acceptors (Lipinski definition) is 5. The van der Waals surface area contributed by atoms with Gasteiger partial charge < -0.3 is 10.2 Å². The quantitative estimate of drug-likeness (QED) is 0.693. The Morgan fingerprint density at radius 2 is 1.80 bits per heavy atom. The summed E-state index contributed by atoms with van der Waals surface area (Å²) >= 11 is 0. The minimum Gasteiger partial charge on any atom is -0.356 e. The molecule has 1 N–H and O–H groups in total. The largest absolute Gasteiger partial charge is 0.417 e. The van der Waals surface area contributed by atoms with Gasteiger partial charge in [-0.3, -0.25) is 4.79 Å². The number of halogens is 3. The van der Waals surface area contributed by atoms with Crippen LogP contribution in [0.15, 0.2) is 18.3 Å². The number of pyridine rings is 1. The summed E-state index contributed by atoms with van der Waals surface area (Å²) in [6.45, 7) is 2.29.